The van der Waals surface area contributed by atoms with Crippen molar-refractivity contribution in [2.45, 2.75) is 59.0 Å². The Hall–Kier alpha value is -0.770. The third-order valence-corrected chi connectivity index (χ3v) is 4.60. The van der Waals surface area contributed by atoms with Crippen molar-refractivity contribution in [1.82, 2.24) is 15.5 Å². The molecule has 0 aromatic rings. The van der Waals surface area contributed by atoms with Gasteiger partial charge in [0.15, 0.2) is 5.96 Å². The summed E-state index contributed by atoms with van der Waals surface area (Å²) in [5.41, 5.74) is 0. The van der Waals surface area contributed by atoms with Crippen LogP contribution in [-0.4, -0.2) is 49.1 Å². The van der Waals surface area contributed by atoms with Gasteiger partial charge >= 0.3 is 0 Å². The molecule has 0 aromatic carbocycles. The van der Waals surface area contributed by atoms with E-state index in [4.69, 9.17) is 4.99 Å². The highest BCUT2D eigenvalue weighted by atomic mass is 15.2. The molecule has 1 aliphatic heterocycles. The van der Waals surface area contributed by atoms with Gasteiger partial charge < -0.3 is 10.6 Å². The zero-order chi connectivity index (χ0) is 14.5. The van der Waals surface area contributed by atoms with Gasteiger partial charge in [-0.25, -0.2) is 0 Å². The Morgan fingerprint density at radius 1 is 1.40 bits per heavy atom. The fourth-order valence-electron chi connectivity index (χ4n) is 2.98. The van der Waals surface area contributed by atoms with E-state index in [1.54, 1.807) is 0 Å². The number of hydrogen-bond acceptors (Lipinski definition) is 2. The fourth-order valence-corrected chi connectivity index (χ4v) is 2.98. The molecule has 0 aromatic heterocycles. The first-order valence-corrected chi connectivity index (χ1v) is 8.39. The predicted octanol–water partition coefficient (Wildman–Crippen LogP) is 2.07. The Balaban J connectivity index is 1.80. The largest absolute Gasteiger partial charge is 0.357 e. The summed E-state index contributed by atoms with van der Waals surface area (Å²) in [6.45, 7) is 13.4. The van der Waals surface area contributed by atoms with Crippen LogP contribution in [0.25, 0.3) is 0 Å². The van der Waals surface area contributed by atoms with Crippen LogP contribution in [0.15, 0.2) is 4.99 Å². The Bertz CT molecular complexity index is 328. The van der Waals surface area contributed by atoms with Crippen LogP contribution in [0.4, 0.5) is 0 Å². The number of aliphatic imine (C=N–C) groups is 1. The maximum absolute atomic E-state index is 4.78. The van der Waals surface area contributed by atoms with Gasteiger partial charge in [-0.15, -0.1) is 0 Å². The van der Waals surface area contributed by atoms with Crippen LogP contribution < -0.4 is 10.6 Å². The summed E-state index contributed by atoms with van der Waals surface area (Å²) in [6, 6.07) is 1.18. The van der Waals surface area contributed by atoms with Crippen molar-refractivity contribution < 1.29 is 0 Å². The Labute approximate surface area is 124 Å². The van der Waals surface area contributed by atoms with Crippen LogP contribution in [0.2, 0.25) is 0 Å². The highest BCUT2D eigenvalue weighted by Crippen LogP contribution is 2.28. The molecule has 2 N–H and O–H groups in total. The van der Waals surface area contributed by atoms with Crippen LogP contribution >= 0.6 is 0 Å². The zero-order valence-corrected chi connectivity index (χ0v) is 13.7. The number of nitrogens with zero attached hydrogens (tertiary/aromatic N) is 2. The van der Waals surface area contributed by atoms with E-state index in [1.807, 2.05) is 0 Å². The van der Waals surface area contributed by atoms with Gasteiger partial charge in [-0.2, -0.15) is 0 Å². The molecule has 4 atom stereocenters. The van der Waals surface area contributed by atoms with E-state index in [-0.39, 0.29) is 0 Å². The Morgan fingerprint density at radius 2 is 2.15 bits per heavy atom. The van der Waals surface area contributed by atoms with Gasteiger partial charge in [0, 0.05) is 25.2 Å². The summed E-state index contributed by atoms with van der Waals surface area (Å²) in [5.74, 6) is 2.65. The third-order valence-electron chi connectivity index (χ3n) is 4.60. The minimum absolute atomic E-state index is 0.546. The highest BCUT2D eigenvalue weighted by molar-refractivity contribution is 5.80. The van der Waals surface area contributed by atoms with Crippen LogP contribution in [0.1, 0.15) is 47.0 Å². The first kappa shape index (κ1) is 15.6. The summed E-state index contributed by atoms with van der Waals surface area (Å²) < 4.78 is 0. The monoisotopic (exact) mass is 280 g/mol. The summed E-state index contributed by atoms with van der Waals surface area (Å²) in [6.07, 6.45) is 4.01. The number of hydrogen-bond donors (Lipinski definition) is 2. The molecule has 20 heavy (non-hydrogen) atoms. The molecule has 0 bridgehead atoms. The number of piperidine rings is 1. The number of rotatable bonds is 5. The van der Waals surface area contributed by atoms with Gasteiger partial charge in [0.05, 0.1) is 6.54 Å². The lowest BCUT2D eigenvalue weighted by molar-refractivity contribution is 0.142. The number of likely N-dealkylation sites (tertiary alicyclic amines) is 1. The second-order valence-corrected chi connectivity index (χ2v) is 6.77. The van der Waals surface area contributed by atoms with Gasteiger partial charge in [-0.1, -0.05) is 13.8 Å². The lowest BCUT2D eigenvalue weighted by atomic mass is 9.99. The zero-order valence-electron chi connectivity index (χ0n) is 13.7. The SMILES string of the molecule is CCNC(=NCC(C)N1CCCC(C)C1)NC1CC1C. The average Bonchev–Trinajstić information content (AvgIpc) is 3.11. The van der Waals surface area contributed by atoms with Crippen molar-refractivity contribution >= 4 is 5.96 Å². The normalized spacial score (nSPS) is 32.8. The quantitative estimate of drug-likeness (QED) is 0.598. The van der Waals surface area contributed by atoms with Gasteiger partial charge in [0.25, 0.3) is 0 Å². The van der Waals surface area contributed by atoms with E-state index in [9.17, 15) is 0 Å². The Kier molecular flexibility index (Phi) is 5.70. The summed E-state index contributed by atoms with van der Waals surface area (Å²) in [4.78, 5) is 7.38. The summed E-state index contributed by atoms with van der Waals surface area (Å²) in [5, 5.41) is 6.89. The van der Waals surface area contributed by atoms with Crippen LogP contribution in [0.3, 0.4) is 0 Å². The van der Waals surface area contributed by atoms with Crippen LogP contribution in [0.5, 0.6) is 0 Å². The number of guanidine groups is 1. The van der Waals surface area contributed by atoms with Crippen molar-refractivity contribution in [3.63, 3.8) is 0 Å². The first-order valence-electron chi connectivity index (χ1n) is 8.39. The molecule has 0 amide bonds. The maximum Gasteiger partial charge on any atom is 0.191 e. The van der Waals surface area contributed by atoms with Gasteiger partial charge in [0.1, 0.15) is 0 Å². The number of nitrogens with one attached hydrogen (secondary N) is 2. The van der Waals surface area contributed by atoms with E-state index in [2.05, 4.69) is 43.2 Å². The lowest BCUT2D eigenvalue weighted by Crippen LogP contribution is -2.44. The smallest absolute Gasteiger partial charge is 0.191 e. The molecule has 0 radical (unpaired) electrons. The first-order chi connectivity index (χ1) is 9.60. The molecule has 0 spiro atoms. The average molecular weight is 280 g/mol. The van der Waals surface area contributed by atoms with Crippen LogP contribution in [-0.2, 0) is 0 Å². The van der Waals surface area contributed by atoms with Crippen molar-refractivity contribution in [1.29, 1.82) is 0 Å². The van der Waals surface area contributed by atoms with Crippen molar-refractivity contribution in [2.75, 3.05) is 26.2 Å². The van der Waals surface area contributed by atoms with Crippen molar-refractivity contribution in [3.8, 4) is 0 Å². The lowest BCUT2D eigenvalue weighted by Gasteiger charge is -2.35. The van der Waals surface area contributed by atoms with Gasteiger partial charge in [-0.05, 0) is 51.5 Å². The summed E-state index contributed by atoms with van der Waals surface area (Å²) >= 11 is 0. The molecule has 1 saturated heterocycles. The second-order valence-electron chi connectivity index (χ2n) is 6.77. The summed E-state index contributed by atoms with van der Waals surface area (Å²) in [7, 11) is 0. The van der Waals surface area contributed by atoms with Gasteiger partial charge in [0.2, 0.25) is 0 Å². The van der Waals surface area contributed by atoms with E-state index in [0.717, 1.165) is 30.9 Å². The van der Waals surface area contributed by atoms with E-state index in [0.29, 0.717) is 12.1 Å². The molecule has 2 aliphatic rings. The molecule has 1 aliphatic carbocycles. The molecule has 1 heterocycles. The molecular formula is C16H32N4. The molecule has 1 saturated carbocycles. The predicted molar refractivity (Wildman–Crippen MR) is 86.1 cm³/mol. The Morgan fingerprint density at radius 3 is 2.75 bits per heavy atom. The molecule has 4 heteroatoms. The maximum atomic E-state index is 4.78. The van der Waals surface area contributed by atoms with E-state index < -0.39 is 0 Å². The molecule has 4 nitrogen and oxygen atoms in total. The second kappa shape index (κ2) is 7.30. The standard InChI is InChI=1S/C16H32N4/c1-5-17-16(19-15-9-13(15)3)18-10-14(4)20-8-6-7-12(2)11-20/h12-15H,5-11H2,1-4H3,(H2,17,18,19). The molecule has 2 fully saturated rings. The van der Waals surface area contributed by atoms with Gasteiger partial charge in [-0.3, -0.25) is 9.89 Å². The van der Waals surface area contributed by atoms with E-state index in [1.165, 1.54) is 32.4 Å². The third kappa shape index (κ3) is 4.65. The van der Waals surface area contributed by atoms with E-state index >= 15 is 0 Å². The highest BCUT2D eigenvalue weighted by Gasteiger charge is 2.33. The molecule has 2 rings (SSSR count). The molecule has 4 unspecified atom stereocenters. The molecule has 116 valence electrons. The minimum Gasteiger partial charge on any atom is -0.357 e. The van der Waals surface area contributed by atoms with Crippen LogP contribution in [0, 0.1) is 11.8 Å². The van der Waals surface area contributed by atoms with Crippen molar-refractivity contribution in [2.24, 2.45) is 16.8 Å². The fraction of sp³-hybridized carbons (Fsp3) is 0.938. The minimum atomic E-state index is 0.546. The molecular weight excluding hydrogens is 248 g/mol. The van der Waals surface area contributed by atoms with Crippen molar-refractivity contribution in [3.05, 3.63) is 0 Å². The topological polar surface area (TPSA) is 39.7 Å².